The number of piperidine rings is 1. The van der Waals surface area contributed by atoms with Crippen LogP contribution in [0.3, 0.4) is 0 Å². The maximum absolute atomic E-state index is 13.7. The number of carbonyl (C=O) groups is 1. The van der Waals surface area contributed by atoms with Crippen LogP contribution in [0, 0.1) is 5.82 Å². The van der Waals surface area contributed by atoms with Gasteiger partial charge < -0.3 is 10.2 Å². The Bertz CT molecular complexity index is 1090. The van der Waals surface area contributed by atoms with Gasteiger partial charge in [-0.2, -0.15) is 0 Å². The number of hydrogen-bond donors (Lipinski definition) is 1. The van der Waals surface area contributed by atoms with Crippen LogP contribution in [0.5, 0.6) is 0 Å². The van der Waals surface area contributed by atoms with E-state index in [9.17, 15) is 14.0 Å². The molecule has 1 aromatic heterocycles. The molecule has 1 N–H and O–H groups in total. The van der Waals surface area contributed by atoms with Gasteiger partial charge in [-0.1, -0.05) is 29.8 Å². The molecule has 0 aliphatic carbocycles. The summed E-state index contributed by atoms with van der Waals surface area (Å²) in [5.74, 6) is -0.474. The number of nitrogens with one attached hydrogen (secondary N) is 1. The molecule has 2 aromatic carbocycles. The number of likely N-dealkylation sites (tertiary alicyclic amines) is 1. The number of amides is 2. The van der Waals surface area contributed by atoms with Gasteiger partial charge in [-0.05, 0) is 37.1 Å². The lowest BCUT2D eigenvalue weighted by atomic mass is 10.0. The van der Waals surface area contributed by atoms with Gasteiger partial charge in [-0.3, -0.25) is 9.36 Å². The van der Waals surface area contributed by atoms with Crippen LogP contribution >= 0.6 is 11.6 Å². The van der Waals surface area contributed by atoms with Crippen molar-refractivity contribution in [3.63, 3.8) is 0 Å². The van der Waals surface area contributed by atoms with Crippen molar-refractivity contribution in [1.82, 2.24) is 14.5 Å². The van der Waals surface area contributed by atoms with Crippen molar-refractivity contribution in [1.29, 1.82) is 0 Å². The first kappa shape index (κ1) is 18.4. The minimum absolute atomic E-state index is 0.0547. The molecule has 0 spiro atoms. The van der Waals surface area contributed by atoms with Crippen LogP contribution in [-0.2, 0) is 0 Å². The molecule has 6 nitrogen and oxygen atoms in total. The van der Waals surface area contributed by atoms with E-state index in [4.69, 9.17) is 11.6 Å². The summed E-state index contributed by atoms with van der Waals surface area (Å²) in [4.78, 5) is 31.2. The fourth-order valence-corrected chi connectivity index (χ4v) is 3.72. The Kier molecular flexibility index (Phi) is 5.00. The van der Waals surface area contributed by atoms with E-state index in [2.05, 4.69) is 10.3 Å². The second-order valence-corrected chi connectivity index (χ2v) is 7.13. The van der Waals surface area contributed by atoms with Crippen molar-refractivity contribution in [2.45, 2.75) is 18.9 Å². The van der Waals surface area contributed by atoms with Crippen molar-refractivity contribution in [3.8, 4) is 0 Å². The second kappa shape index (κ2) is 7.59. The van der Waals surface area contributed by atoms with Crippen molar-refractivity contribution in [2.24, 2.45) is 0 Å². The molecule has 2 heterocycles. The number of carbonyl (C=O) groups excluding carboxylic acids is 1. The molecule has 1 aliphatic heterocycles. The molecule has 1 fully saturated rings. The van der Waals surface area contributed by atoms with Crippen molar-refractivity contribution in [3.05, 3.63) is 70.0 Å². The SMILES string of the molecule is O=C(Nc1ccccc1F)N1CCC(n2cnc3c(Cl)cccc3c2=O)CC1. The van der Waals surface area contributed by atoms with Crippen LogP contribution in [-0.4, -0.2) is 33.6 Å². The van der Waals surface area contributed by atoms with Crippen molar-refractivity contribution < 1.29 is 9.18 Å². The highest BCUT2D eigenvalue weighted by Crippen LogP contribution is 2.24. The average Bonchev–Trinajstić information content (AvgIpc) is 2.71. The Morgan fingerprint density at radius 2 is 1.89 bits per heavy atom. The van der Waals surface area contributed by atoms with Gasteiger partial charge in [0.05, 0.1) is 27.9 Å². The maximum Gasteiger partial charge on any atom is 0.321 e. The van der Waals surface area contributed by atoms with Crippen LogP contribution in [0.15, 0.2) is 53.6 Å². The van der Waals surface area contributed by atoms with Gasteiger partial charge in [-0.15, -0.1) is 0 Å². The fraction of sp³-hybridized carbons (Fsp3) is 0.250. The predicted molar refractivity (Wildman–Crippen MR) is 106 cm³/mol. The molecule has 144 valence electrons. The van der Waals surface area contributed by atoms with E-state index in [1.54, 1.807) is 39.8 Å². The summed E-state index contributed by atoms with van der Waals surface area (Å²) in [5, 5.41) is 3.52. The molecule has 8 heteroatoms. The molecule has 0 saturated carbocycles. The molecule has 1 aliphatic rings. The summed E-state index contributed by atoms with van der Waals surface area (Å²) >= 11 is 6.11. The number of rotatable bonds is 2. The number of benzene rings is 2. The monoisotopic (exact) mass is 400 g/mol. The third kappa shape index (κ3) is 3.45. The predicted octanol–water partition coefficient (Wildman–Crippen LogP) is 4.06. The number of nitrogens with zero attached hydrogens (tertiary/aromatic N) is 3. The molecule has 0 unspecified atom stereocenters. The Morgan fingerprint density at radius 1 is 1.14 bits per heavy atom. The van der Waals surface area contributed by atoms with Gasteiger partial charge in [0.25, 0.3) is 5.56 Å². The first-order valence-corrected chi connectivity index (χ1v) is 9.38. The first-order valence-electron chi connectivity index (χ1n) is 9.00. The van der Waals surface area contributed by atoms with Gasteiger partial charge in [-0.25, -0.2) is 14.2 Å². The summed E-state index contributed by atoms with van der Waals surface area (Å²) < 4.78 is 15.3. The summed E-state index contributed by atoms with van der Waals surface area (Å²) in [6, 6.07) is 10.8. The highest BCUT2D eigenvalue weighted by Gasteiger charge is 2.25. The third-order valence-electron chi connectivity index (χ3n) is 5.02. The number of anilines is 1. The van der Waals surface area contributed by atoms with E-state index in [-0.39, 0.29) is 23.3 Å². The summed E-state index contributed by atoms with van der Waals surface area (Å²) in [5.41, 5.74) is 0.510. The number of halogens is 2. The molecule has 1 saturated heterocycles. The Morgan fingerprint density at radius 3 is 2.64 bits per heavy atom. The van der Waals surface area contributed by atoms with Crippen LogP contribution in [0.4, 0.5) is 14.9 Å². The molecule has 4 rings (SSSR count). The zero-order valence-electron chi connectivity index (χ0n) is 14.9. The number of hydrogen-bond acceptors (Lipinski definition) is 3. The Balaban J connectivity index is 1.46. The fourth-order valence-electron chi connectivity index (χ4n) is 3.49. The van der Waals surface area contributed by atoms with Crippen LogP contribution < -0.4 is 10.9 Å². The Labute approximate surface area is 165 Å². The van der Waals surface area contributed by atoms with Gasteiger partial charge in [0.1, 0.15) is 5.82 Å². The number of aromatic nitrogens is 2. The zero-order valence-corrected chi connectivity index (χ0v) is 15.7. The standard InChI is InChI=1S/C20H18ClFN4O2/c21-15-5-3-4-14-18(15)23-12-26(19(14)27)13-8-10-25(11-9-13)20(28)24-17-7-2-1-6-16(17)22/h1-7,12-13H,8-11H2,(H,24,28). The van der Waals surface area contributed by atoms with Gasteiger partial charge in [0, 0.05) is 19.1 Å². The quantitative estimate of drug-likeness (QED) is 0.705. The minimum Gasteiger partial charge on any atom is -0.324 e. The lowest BCUT2D eigenvalue weighted by molar-refractivity contribution is 0.182. The molecular formula is C20H18ClFN4O2. The molecule has 3 aromatic rings. The van der Waals surface area contributed by atoms with Crippen LogP contribution in [0.1, 0.15) is 18.9 Å². The van der Waals surface area contributed by atoms with Crippen LogP contribution in [0.2, 0.25) is 5.02 Å². The van der Waals surface area contributed by atoms with E-state index in [1.807, 2.05) is 0 Å². The van der Waals surface area contributed by atoms with E-state index < -0.39 is 5.82 Å². The van der Waals surface area contributed by atoms with E-state index in [0.717, 1.165) is 0 Å². The number of fused-ring (bicyclic) bond motifs is 1. The maximum atomic E-state index is 13.7. The second-order valence-electron chi connectivity index (χ2n) is 6.72. The smallest absolute Gasteiger partial charge is 0.321 e. The summed E-state index contributed by atoms with van der Waals surface area (Å²) in [7, 11) is 0. The summed E-state index contributed by atoms with van der Waals surface area (Å²) in [6.45, 7) is 0.927. The number of para-hydroxylation sites is 2. The highest BCUT2D eigenvalue weighted by atomic mass is 35.5. The van der Waals surface area contributed by atoms with E-state index in [1.165, 1.54) is 18.5 Å². The minimum atomic E-state index is -0.474. The molecule has 0 bridgehead atoms. The molecular weight excluding hydrogens is 383 g/mol. The van der Waals surface area contributed by atoms with E-state index >= 15 is 0 Å². The molecule has 28 heavy (non-hydrogen) atoms. The normalized spacial score (nSPS) is 15.0. The lowest BCUT2D eigenvalue weighted by Crippen LogP contribution is -2.43. The first-order chi connectivity index (χ1) is 13.5. The molecule has 2 amide bonds. The lowest BCUT2D eigenvalue weighted by Gasteiger charge is -2.32. The topological polar surface area (TPSA) is 67.2 Å². The molecule has 0 atom stereocenters. The largest absolute Gasteiger partial charge is 0.324 e. The average molecular weight is 401 g/mol. The van der Waals surface area contributed by atoms with Gasteiger partial charge >= 0.3 is 6.03 Å². The van der Waals surface area contributed by atoms with Gasteiger partial charge in [0.15, 0.2) is 0 Å². The van der Waals surface area contributed by atoms with E-state index in [0.29, 0.717) is 41.9 Å². The van der Waals surface area contributed by atoms with Crippen molar-refractivity contribution >= 4 is 34.2 Å². The molecule has 0 radical (unpaired) electrons. The van der Waals surface area contributed by atoms with Crippen LogP contribution in [0.25, 0.3) is 10.9 Å². The third-order valence-corrected chi connectivity index (χ3v) is 5.33. The summed E-state index contributed by atoms with van der Waals surface area (Å²) in [6.07, 6.45) is 2.74. The Hall–Kier alpha value is -2.93. The highest BCUT2D eigenvalue weighted by molar-refractivity contribution is 6.34. The van der Waals surface area contributed by atoms with Crippen molar-refractivity contribution in [2.75, 3.05) is 18.4 Å². The number of urea groups is 1. The van der Waals surface area contributed by atoms with Gasteiger partial charge in [0.2, 0.25) is 0 Å². The zero-order chi connectivity index (χ0) is 19.7.